The maximum absolute atomic E-state index is 12.1. The van der Waals surface area contributed by atoms with E-state index in [2.05, 4.69) is 0 Å². The zero-order valence-electron chi connectivity index (χ0n) is 8.23. The third-order valence-electron chi connectivity index (χ3n) is 1.65. The second-order valence-electron chi connectivity index (χ2n) is 2.97. The number of nitrogen functional groups attached to an aromatic ring is 2. The molecular weight excluding hydrogens is 191 g/mol. The van der Waals surface area contributed by atoms with E-state index in [0.29, 0.717) is 5.69 Å². The standard InChI is InChI=1S/C6H6FN.C6H7N/c7-5-2-1-3-6(8)4-5;7-6-4-2-1-3-5-6/h1-4H,8H2;1-5H,7H2. The predicted octanol–water partition coefficient (Wildman–Crippen LogP) is 2.68. The molecule has 0 unspecified atom stereocenters. The molecule has 0 heterocycles. The van der Waals surface area contributed by atoms with Crippen LogP contribution in [0.15, 0.2) is 54.6 Å². The van der Waals surface area contributed by atoms with E-state index in [1.54, 1.807) is 12.1 Å². The van der Waals surface area contributed by atoms with E-state index in [1.165, 1.54) is 12.1 Å². The largest absolute Gasteiger partial charge is 0.399 e. The highest BCUT2D eigenvalue weighted by molar-refractivity contribution is 5.37. The Balaban J connectivity index is 0.000000151. The first-order valence-corrected chi connectivity index (χ1v) is 4.50. The Morgan fingerprint density at radius 3 is 1.67 bits per heavy atom. The molecule has 15 heavy (non-hydrogen) atoms. The molecule has 0 saturated heterocycles. The van der Waals surface area contributed by atoms with Crippen LogP contribution in [-0.2, 0) is 0 Å². The van der Waals surface area contributed by atoms with E-state index in [-0.39, 0.29) is 5.82 Å². The van der Waals surface area contributed by atoms with Crippen LogP contribution in [0.5, 0.6) is 0 Å². The highest BCUT2D eigenvalue weighted by Gasteiger charge is 1.85. The summed E-state index contributed by atoms with van der Waals surface area (Å²) in [5.74, 6) is -0.287. The predicted molar refractivity (Wildman–Crippen MR) is 61.7 cm³/mol. The average molecular weight is 204 g/mol. The molecule has 2 nitrogen and oxygen atoms in total. The Morgan fingerprint density at radius 2 is 1.33 bits per heavy atom. The fourth-order valence-corrected chi connectivity index (χ4v) is 0.960. The summed E-state index contributed by atoms with van der Waals surface area (Å²) in [6, 6.07) is 15.3. The molecule has 0 saturated carbocycles. The summed E-state index contributed by atoms with van der Waals surface area (Å²) in [6.45, 7) is 0. The van der Waals surface area contributed by atoms with Gasteiger partial charge in [-0.3, -0.25) is 0 Å². The minimum Gasteiger partial charge on any atom is -0.399 e. The summed E-state index contributed by atoms with van der Waals surface area (Å²) in [4.78, 5) is 0. The van der Waals surface area contributed by atoms with Crippen molar-refractivity contribution >= 4 is 11.4 Å². The fourth-order valence-electron chi connectivity index (χ4n) is 0.960. The lowest BCUT2D eigenvalue weighted by Crippen LogP contribution is -1.83. The molecule has 0 aliphatic rings. The maximum Gasteiger partial charge on any atom is 0.125 e. The highest BCUT2D eigenvalue weighted by atomic mass is 19.1. The number of hydrogen-bond donors (Lipinski definition) is 2. The van der Waals surface area contributed by atoms with Gasteiger partial charge in [-0.1, -0.05) is 24.3 Å². The molecular formula is C12H13FN2. The van der Waals surface area contributed by atoms with Crippen LogP contribution in [-0.4, -0.2) is 0 Å². The van der Waals surface area contributed by atoms with Crippen molar-refractivity contribution in [1.29, 1.82) is 0 Å². The van der Waals surface area contributed by atoms with E-state index >= 15 is 0 Å². The van der Waals surface area contributed by atoms with Crippen molar-refractivity contribution in [2.75, 3.05) is 11.5 Å². The first-order valence-electron chi connectivity index (χ1n) is 4.50. The average Bonchev–Trinajstić information content (AvgIpc) is 2.19. The van der Waals surface area contributed by atoms with Crippen LogP contribution in [0.1, 0.15) is 0 Å². The van der Waals surface area contributed by atoms with Crippen molar-refractivity contribution in [3.8, 4) is 0 Å². The molecule has 0 amide bonds. The Labute approximate surface area is 88.3 Å². The van der Waals surface area contributed by atoms with Crippen LogP contribution in [0, 0.1) is 5.82 Å². The molecule has 0 fully saturated rings. The van der Waals surface area contributed by atoms with E-state index in [1.807, 2.05) is 30.3 Å². The van der Waals surface area contributed by atoms with Gasteiger partial charge >= 0.3 is 0 Å². The minimum absolute atomic E-state index is 0.287. The lowest BCUT2D eigenvalue weighted by atomic mass is 10.3. The molecule has 2 aromatic carbocycles. The van der Waals surface area contributed by atoms with Crippen molar-refractivity contribution in [3.63, 3.8) is 0 Å². The lowest BCUT2D eigenvalue weighted by molar-refractivity contribution is 0.628. The van der Waals surface area contributed by atoms with Gasteiger partial charge < -0.3 is 11.5 Å². The van der Waals surface area contributed by atoms with E-state index < -0.39 is 0 Å². The summed E-state index contributed by atoms with van der Waals surface area (Å²) < 4.78 is 12.1. The number of rotatable bonds is 0. The summed E-state index contributed by atoms with van der Waals surface area (Å²) >= 11 is 0. The topological polar surface area (TPSA) is 52.0 Å². The van der Waals surface area contributed by atoms with E-state index in [9.17, 15) is 4.39 Å². The van der Waals surface area contributed by atoms with Crippen LogP contribution >= 0.6 is 0 Å². The van der Waals surface area contributed by atoms with Crippen molar-refractivity contribution in [1.82, 2.24) is 0 Å². The molecule has 0 aliphatic heterocycles. The molecule has 0 aromatic heterocycles. The SMILES string of the molecule is Nc1cccc(F)c1.Nc1ccccc1. The molecule has 0 spiro atoms. The molecule has 0 bridgehead atoms. The number of para-hydroxylation sites is 1. The monoisotopic (exact) mass is 204 g/mol. The zero-order chi connectivity index (χ0) is 11.1. The van der Waals surface area contributed by atoms with Crippen molar-refractivity contribution in [3.05, 3.63) is 60.4 Å². The molecule has 0 aliphatic carbocycles. The van der Waals surface area contributed by atoms with Gasteiger partial charge in [0.25, 0.3) is 0 Å². The van der Waals surface area contributed by atoms with Crippen LogP contribution in [0.2, 0.25) is 0 Å². The Bertz CT molecular complexity index is 384. The zero-order valence-corrected chi connectivity index (χ0v) is 8.23. The first-order chi connectivity index (χ1) is 7.18. The van der Waals surface area contributed by atoms with Gasteiger partial charge in [-0.15, -0.1) is 0 Å². The summed E-state index contributed by atoms with van der Waals surface area (Å²) in [6.07, 6.45) is 0. The van der Waals surface area contributed by atoms with Gasteiger partial charge in [0, 0.05) is 11.4 Å². The number of hydrogen-bond acceptors (Lipinski definition) is 2. The van der Waals surface area contributed by atoms with Crippen LogP contribution in [0.4, 0.5) is 15.8 Å². The third-order valence-corrected chi connectivity index (χ3v) is 1.65. The second-order valence-corrected chi connectivity index (χ2v) is 2.97. The Kier molecular flexibility index (Phi) is 4.16. The summed E-state index contributed by atoms with van der Waals surface area (Å²) in [5, 5.41) is 0. The number of nitrogens with two attached hydrogens (primary N) is 2. The van der Waals surface area contributed by atoms with Gasteiger partial charge in [0.1, 0.15) is 5.82 Å². The van der Waals surface area contributed by atoms with Gasteiger partial charge in [0.2, 0.25) is 0 Å². The smallest absolute Gasteiger partial charge is 0.125 e. The molecule has 0 atom stereocenters. The molecule has 0 radical (unpaired) electrons. The number of halogens is 1. The van der Waals surface area contributed by atoms with E-state index in [4.69, 9.17) is 11.5 Å². The normalized spacial score (nSPS) is 8.87. The van der Waals surface area contributed by atoms with Gasteiger partial charge in [0.05, 0.1) is 0 Å². The second kappa shape index (κ2) is 5.65. The lowest BCUT2D eigenvalue weighted by Gasteiger charge is -1.88. The third kappa shape index (κ3) is 4.67. The van der Waals surface area contributed by atoms with Crippen LogP contribution in [0.25, 0.3) is 0 Å². The number of benzene rings is 2. The summed E-state index contributed by atoms with van der Waals surface area (Å²) in [7, 11) is 0. The van der Waals surface area contributed by atoms with Crippen LogP contribution in [0.3, 0.4) is 0 Å². The minimum atomic E-state index is -0.287. The van der Waals surface area contributed by atoms with Gasteiger partial charge in [-0.05, 0) is 30.3 Å². The van der Waals surface area contributed by atoms with Gasteiger partial charge in [-0.25, -0.2) is 4.39 Å². The highest BCUT2D eigenvalue weighted by Crippen LogP contribution is 2.02. The number of anilines is 2. The van der Waals surface area contributed by atoms with Crippen molar-refractivity contribution < 1.29 is 4.39 Å². The molecule has 3 heteroatoms. The summed E-state index contributed by atoms with van der Waals surface area (Å²) in [5.41, 5.74) is 11.9. The van der Waals surface area contributed by atoms with Crippen LogP contribution < -0.4 is 11.5 Å². The first kappa shape index (κ1) is 11.0. The molecule has 4 N–H and O–H groups in total. The Hall–Kier alpha value is -2.03. The van der Waals surface area contributed by atoms with Crippen molar-refractivity contribution in [2.24, 2.45) is 0 Å². The van der Waals surface area contributed by atoms with E-state index in [0.717, 1.165) is 5.69 Å². The fraction of sp³-hybridized carbons (Fsp3) is 0. The van der Waals surface area contributed by atoms with Crippen molar-refractivity contribution in [2.45, 2.75) is 0 Å². The van der Waals surface area contributed by atoms with Gasteiger partial charge in [-0.2, -0.15) is 0 Å². The molecule has 2 aromatic rings. The Morgan fingerprint density at radius 1 is 0.733 bits per heavy atom. The van der Waals surface area contributed by atoms with Gasteiger partial charge in [0.15, 0.2) is 0 Å². The molecule has 78 valence electrons. The molecule has 2 rings (SSSR count). The quantitative estimate of drug-likeness (QED) is 0.648. The maximum atomic E-state index is 12.1.